The normalized spacial score (nSPS) is 11.9. The van der Waals surface area contributed by atoms with Crippen molar-refractivity contribution in [2.45, 2.75) is 13.0 Å². The summed E-state index contributed by atoms with van der Waals surface area (Å²) in [4.78, 5) is 32.4. The molecule has 0 aliphatic rings. The van der Waals surface area contributed by atoms with Crippen LogP contribution in [0.25, 0.3) is 16.7 Å². The van der Waals surface area contributed by atoms with Crippen LogP contribution in [0.2, 0.25) is 5.02 Å². The summed E-state index contributed by atoms with van der Waals surface area (Å²) >= 11 is 6.15. The lowest BCUT2D eigenvalue weighted by atomic mass is 10.2. The summed E-state index contributed by atoms with van der Waals surface area (Å²) in [5.74, 6) is -0.439. The van der Waals surface area contributed by atoms with E-state index < -0.39 is 17.4 Å². The molecule has 0 saturated carbocycles. The molecule has 13 heteroatoms. The Bertz CT molecular complexity index is 1410. The van der Waals surface area contributed by atoms with Crippen LogP contribution in [-0.4, -0.2) is 29.5 Å². The highest BCUT2D eigenvalue weighted by molar-refractivity contribution is 6.35. The topological polar surface area (TPSA) is 177 Å². The van der Waals surface area contributed by atoms with Gasteiger partial charge in [0, 0.05) is 6.20 Å². The van der Waals surface area contributed by atoms with Crippen molar-refractivity contribution in [1.29, 1.82) is 5.26 Å². The van der Waals surface area contributed by atoms with Crippen LogP contribution in [0, 0.1) is 17.1 Å². The third kappa shape index (κ3) is 3.47. The van der Waals surface area contributed by atoms with Crippen molar-refractivity contribution in [1.82, 2.24) is 29.5 Å². The summed E-state index contributed by atoms with van der Waals surface area (Å²) in [5.41, 5.74) is 10.9. The number of nitriles is 1. The minimum absolute atomic E-state index is 0.0165. The molecule has 11 nitrogen and oxygen atoms in total. The minimum Gasteiger partial charge on any atom is -0.382 e. The highest BCUT2D eigenvalue weighted by Gasteiger charge is 2.22. The van der Waals surface area contributed by atoms with Crippen LogP contribution in [-0.2, 0) is 0 Å². The van der Waals surface area contributed by atoms with E-state index in [1.807, 2.05) is 6.07 Å². The van der Waals surface area contributed by atoms with Crippen LogP contribution >= 0.6 is 11.6 Å². The number of H-pyrrole nitrogens is 1. The van der Waals surface area contributed by atoms with Gasteiger partial charge in [-0.05, 0) is 19.1 Å². The first-order valence-electron chi connectivity index (χ1n) is 8.80. The van der Waals surface area contributed by atoms with Gasteiger partial charge in [0.1, 0.15) is 29.1 Å². The molecule has 4 aromatic rings. The van der Waals surface area contributed by atoms with Crippen molar-refractivity contribution in [3.63, 3.8) is 0 Å². The minimum atomic E-state index is -0.712. The molecule has 3 aromatic heterocycles. The molecule has 156 valence electrons. The molecule has 0 fully saturated rings. The largest absolute Gasteiger partial charge is 0.382 e. The number of aromatic amines is 1. The number of nitrogens with one attached hydrogen (secondary N) is 2. The predicted molar refractivity (Wildman–Crippen MR) is 112 cm³/mol. The van der Waals surface area contributed by atoms with E-state index in [9.17, 15) is 14.4 Å². The van der Waals surface area contributed by atoms with Crippen LogP contribution < -0.4 is 22.3 Å². The van der Waals surface area contributed by atoms with Gasteiger partial charge in [0.2, 0.25) is 5.95 Å². The quantitative estimate of drug-likeness (QED) is 0.368. The molecule has 1 unspecified atom stereocenters. The zero-order chi connectivity index (χ0) is 22.3. The van der Waals surface area contributed by atoms with E-state index in [4.69, 9.17) is 23.1 Å². The van der Waals surface area contributed by atoms with E-state index in [0.29, 0.717) is 0 Å². The van der Waals surface area contributed by atoms with E-state index in [1.54, 1.807) is 6.92 Å². The van der Waals surface area contributed by atoms with Crippen LogP contribution in [0.15, 0.2) is 29.5 Å². The van der Waals surface area contributed by atoms with E-state index in [1.165, 1.54) is 17.1 Å². The molecule has 6 N–H and O–H groups in total. The Balaban J connectivity index is 1.94. The fourth-order valence-electron chi connectivity index (χ4n) is 3.10. The van der Waals surface area contributed by atoms with Crippen LogP contribution in [0.1, 0.15) is 24.4 Å². The summed E-state index contributed by atoms with van der Waals surface area (Å²) in [5, 5.41) is 12.3. The Morgan fingerprint density at radius 2 is 2.10 bits per heavy atom. The fraction of sp³-hybridized carbons (Fsp3) is 0.111. The monoisotopic (exact) mass is 440 g/mol. The van der Waals surface area contributed by atoms with E-state index in [2.05, 4.69) is 30.2 Å². The summed E-state index contributed by atoms with van der Waals surface area (Å²) in [6, 6.07) is 3.32. The molecule has 0 aliphatic heterocycles. The van der Waals surface area contributed by atoms with Crippen molar-refractivity contribution in [3.8, 4) is 11.9 Å². The van der Waals surface area contributed by atoms with Gasteiger partial charge >= 0.3 is 0 Å². The first-order valence-corrected chi connectivity index (χ1v) is 9.18. The zero-order valence-corrected chi connectivity index (χ0v) is 16.6. The number of nitrogens with zero attached hydrogens (tertiary/aromatic N) is 6. The average Bonchev–Trinajstić information content (AvgIpc) is 3.22. The van der Waals surface area contributed by atoms with Crippen LogP contribution in [0.4, 0.5) is 22.0 Å². The molecule has 0 amide bonds. The highest BCUT2D eigenvalue weighted by Crippen LogP contribution is 2.27. The molecule has 0 saturated heterocycles. The summed E-state index contributed by atoms with van der Waals surface area (Å²) in [6.45, 7) is 1.67. The second-order valence-electron chi connectivity index (χ2n) is 6.49. The van der Waals surface area contributed by atoms with Gasteiger partial charge in [-0.25, -0.2) is 18.9 Å². The lowest BCUT2D eigenvalue weighted by Gasteiger charge is -2.20. The number of rotatable bonds is 4. The average molecular weight is 441 g/mol. The Labute approximate surface area is 178 Å². The van der Waals surface area contributed by atoms with Crippen LogP contribution in [0.5, 0.6) is 0 Å². The summed E-state index contributed by atoms with van der Waals surface area (Å²) in [6.07, 6.45) is 2.86. The van der Waals surface area contributed by atoms with Crippen molar-refractivity contribution in [3.05, 3.63) is 57.2 Å². The first kappa shape index (κ1) is 20.0. The molecule has 1 aromatic carbocycles. The molecule has 0 bridgehead atoms. The third-order valence-electron chi connectivity index (χ3n) is 4.44. The van der Waals surface area contributed by atoms with Gasteiger partial charge in [0.25, 0.3) is 5.56 Å². The maximum absolute atomic E-state index is 13.9. The van der Waals surface area contributed by atoms with Crippen LogP contribution in [0.3, 0.4) is 0 Å². The second-order valence-corrected chi connectivity index (χ2v) is 6.90. The molecular weight excluding hydrogens is 427 g/mol. The maximum atomic E-state index is 13.9. The number of fused-ring (bicyclic) bond motifs is 1. The molecule has 1 atom stereocenters. The summed E-state index contributed by atoms with van der Waals surface area (Å²) < 4.78 is 15.1. The van der Waals surface area contributed by atoms with Gasteiger partial charge in [0.15, 0.2) is 11.6 Å². The second kappa shape index (κ2) is 7.54. The first-order chi connectivity index (χ1) is 14.8. The van der Waals surface area contributed by atoms with Crippen molar-refractivity contribution in [2.75, 3.05) is 16.8 Å². The Hall–Kier alpha value is -4.24. The molecule has 0 spiro atoms. The summed E-state index contributed by atoms with van der Waals surface area (Å²) in [7, 11) is 0. The van der Waals surface area contributed by atoms with Gasteiger partial charge in [-0.2, -0.15) is 15.2 Å². The van der Waals surface area contributed by atoms with Gasteiger partial charge in [-0.15, -0.1) is 0 Å². The smallest absolute Gasteiger partial charge is 0.267 e. The van der Waals surface area contributed by atoms with Crippen molar-refractivity contribution >= 4 is 40.1 Å². The van der Waals surface area contributed by atoms with E-state index >= 15 is 0 Å². The lowest BCUT2D eigenvalue weighted by Crippen LogP contribution is -2.28. The Morgan fingerprint density at radius 1 is 1.32 bits per heavy atom. The predicted octanol–water partition coefficient (Wildman–Crippen LogP) is 1.90. The van der Waals surface area contributed by atoms with Gasteiger partial charge in [0.05, 0.1) is 28.3 Å². The molecule has 3 heterocycles. The number of hydrogen-bond donors (Lipinski definition) is 4. The molecule has 0 radical (unpaired) electrons. The van der Waals surface area contributed by atoms with Crippen molar-refractivity contribution < 1.29 is 4.39 Å². The van der Waals surface area contributed by atoms with E-state index in [0.717, 1.165) is 12.1 Å². The third-order valence-corrected chi connectivity index (χ3v) is 4.72. The number of halogens is 2. The standard InChI is InChI=1S/C18H14ClFN10O/c1-7(26-15-10(4-21)14(22)28-18(23)29-15)16-27-13-9(2-8(20)3-11(13)19)17(31)30(16)12-5-24-6-25-12/h2-3,5-7H,1H3,(H,24,25)(H5,22,23,26,28,29). The zero-order valence-electron chi connectivity index (χ0n) is 15.9. The van der Waals surface area contributed by atoms with Crippen molar-refractivity contribution in [2.24, 2.45) is 0 Å². The SMILES string of the molecule is CC(Nc1nc(N)nc(N)c1C#N)c1nc2c(Cl)cc(F)cc2c(=O)n1-c1c[nH]cn1. The van der Waals surface area contributed by atoms with E-state index in [-0.39, 0.29) is 50.7 Å². The molecular formula is C18H14ClFN10O. The Kier molecular flexibility index (Phi) is 4.88. The lowest BCUT2D eigenvalue weighted by molar-refractivity contribution is 0.629. The maximum Gasteiger partial charge on any atom is 0.267 e. The highest BCUT2D eigenvalue weighted by atomic mass is 35.5. The number of benzene rings is 1. The fourth-order valence-corrected chi connectivity index (χ4v) is 3.35. The molecule has 31 heavy (non-hydrogen) atoms. The molecule has 4 rings (SSSR count). The number of nitrogen functional groups attached to an aromatic ring is 2. The number of aromatic nitrogens is 6. The van der Waals surface area contributed by atoms with Gasteiger partial charge in [-0.3, -0.25) is 4.79 Å². The Morgan fingerprint density at radius 3 is 2.77 bits per heavy atom. The number of anilines is 3. The number of imidazole rings is 1. The van der Waals surface area contributed by atoms with Gasteiger partial charge in [-0.1, -0.05) is 11.6 Å². The van der Waals surface area contributed by atoms with Gasteiger partial charge < -0.3 is 21.8 Å². The number of hydrogen-bond acceptors (Lipinski definition) is 9. The molecule has 0 aliphatic carbocycles. The number of nitrogens with two attached hydrogens (primary N) is 2.